The monoisotopic (exact) mass is 355 g/mol. The van der Waals surface area contributed by atoms with Gasteiger partial charge in [0.1, 0.15) is 12.4 Å². The Morgan fingerprint density at radius 3 is 2.46 bits per heavy atom. The van der Waals surface area contributed by atoms with E-state index in [1.54, 1.807) is 6.21 Å². The van der Waals surface area contributed by atoms with Gasteiger partial charge < -0.3 is 4.74 Å². The average molecular weight is 356 g/mol. The minimum Gasteiger partial charge on any atom is -0.487 e. The Bertz CT molecular complexity index is 847. The molecule has 0 atom stereocenters. The Labute approximate surface area is 151 Å². The lowest BCUT2D eigenvalue weighted by molar-refractivity contribution is 0.306. The molecule has 0 aliphatic rings. The van der Waals surface area contributed by atoms with Crippen LogP contribution < -0.4 is 4.74 Å². The van der Waals surface area contributed by atoms with E-state index in [0.29, 0.717) is 22.4 Å². The van der Waals surface area contributed by atoms with Gasteiger partial charge in [-0.15, -0.1) is 0 Å². The van der Waals surface area contributed by atoms with Crippen molar-refractivity contribution < 1.29 is 4.74 Å². The van der Waals surface area contributed by atoms with Crippen LogP contribution in [0.3, 0.4) is 0 Å². The summed E-state index contributed by atoms with van der Waals surface area (Å²) in [5.41, 5.74) is 2.81. The fourth-order valence-electron chi connectivity index (χ4n) is 2.17. The maximum atomic E-state index is 6.30. The lowest BCUT2D eigenvalue weighted by atomic mass is 10.2. The Morgan fingerprint density at radius 2 is 1.71 bits per heavy atom. The van der Waals surface area contributed by atoms with E-state index >= 15 is 0 Å². The van der Waals surface area contributed by atoms with Crippen molar-refractivity contribution in [1.82, 2.24) is 0 Å². The van der Waals surface area contributed by atoms with Gasteiger partial charge in [0.25, 0.3) is 0 Å². The van der Waals surface area contributed by atoms with E-state index in [1.807, 2.05) is 72.8 Å². The van der Waals surface area contributed by atoms with Crippen molar-refractivity contribution in [3.05, 3.63) is 94.0 Å². The van der Waals surface area contributed by atoms with Crippen LogP contribution in [-0.4, -0.2) is 6.21 Å². The summed E-state index contributed by atoms with van der Waals surface area (Å²) >= 11 is 12.3. The van der Waals surface area contributed by atoms with Gasteiger partial charge in [-0.2, -0.15) is 0 Å². The summed E-state index contributed by atoms with van der Waals surface area (Å²) in [5.74, 6) is 0.633. The Balaban J connectivity index is 1.67. The van der Waals surface area contributed by atoms with E-state index in [0.717, 1.165) is 16.8 Å². The fraction of sp³-hybridized carbons (Fsp3) is 0.0500. The Morgan fingerprint density at radius 1 is 0.875 bits per heavy atom. The number of aliphatic imine (C=N–C) groups is 1. The number of para-hydroxylation sites is 1. The zero-order chi connectivity index (χ0) is 16.8. The number of ether oxygens (including phenoxy) is 1. The summed E-state index contributed by atoms with van der Waals surface area (Å²) in [7, 11) is 0. The smallest absolute Gasteiger partial charge is 0.138 e. The first-order valence-corrected chi connectivity index (χ1v) is 8.22. The number of hydrogen-bond acceptors (Lipinski definition) is 2. The molecule has 0 aliphatic carbocycles. The largest absolute Gasteiger partial charge is 0.487 e. The summed E-state index contributed by atoms with van der Waals surface area (Å²) in [5, 5.41) is 1.24. The van der Waals surface area contributed by atoms with Crippen LogP contribution in [0.1, 0.15) is 11.1 Å². The molecule has 0 heterocycles. The molecule has 0 amide bonds. The Hall–Kier alpha value is -2.29. The molecule has 0 saturated carbocycles. The van der Waals surface area contributed by atoms with Crippen LogP contribution in [0.5, 0.6) is 5.75 Å². The van der Waals surface area contributed by atoms with Crippen molar-refractivity contribution in [1.29, 1.82) is 0 Å². The van der Waals surface area contributed by atoms with Crippen LogP contribution in [0.2, 0.25) is 10.0 Å². The van der Waals surface area contributed by atoms with Crippen molar-refractivity contribution in [2.24, 2.45) is 4.99 Å². The van der Waals surface area contributed by atoms with Crippen LogP contribution in [0.25, 0.3) is 0 Å². The van der Waals surface area contributed by atoms with E-state index < -0.39 is 0 Å². The first kappa shape index (κ1) is 16.6. The number of nitrogens with zero attached hydrogens (tertiary/aromatic N) is 1. The summed E-state index contributed by atoms with van der Waals surface area (Å²) in [6.07, 6.45) is 1.78. The molecule has 120 valence electrons. The maximum Gasteiger partial charge on any atom is 0.138 e. The standard InChI is InChI=1S/C20H15Cl2NO/c21-17-6-4-5-16(11-17)14-24-20-10-9-15(12-19(20)22)13-23-18-7-2-1-3-8-18/h1-13H,14H2. The summed E-state index contributed by atoms with van der Waals surface area (Å²) in [4.78, 5) is 4.41. The molecule has 3 aromatic rings. The maximum absolute atomic E-state index is 6.30. The quantitative estimate of drug-likeness (QED) is 0.490. The number of rotatable bonds is 5. The normalized spacial score (nSPS) is 10.9. The minimum atomic E-state index is 0.414. The molecule has 0 unspecified atom stereocenters. The molecule has 0 fully saturated rings. The van der Waals surface area contributed by atoms with Crippen LogP contribution in [0.4, 0.5) is 5.69 Å². The van der Waals surface area contributed by atoms with Gasteiger partial charge in [-0.3, -0.25) is 4.99 Å². The second kappa shape index (κ2) is 8.00. The van der Waals surface area contributed by atoms with Crippen molar-refractivity contribution >= 4 is 35.1 Å². The van der Waals surface area contributed by atoms with Crippen molar-refractivity contribution in [3.8, 4) is 5.75 Å². The SMILES string of the molecule is Clc1cccc(COc2ccc(C=Nc3ccccc3)cc2Cl)c1. The lowest BCUT2D eigenvalue weighted by Gasteiger charge is -2.09. The number of halogens is 2. The van der Waals surface area contributed by atoms with Crippen molar-refractivity contribution in [2.75, 3.05) is 0 Å². The Kier molecular flexibility index (Phi) is 5.52. The summed E-state index contributed by atoms with van der Waals surface area (Å²) < 4.78 is 5.76. The van der Waals surface area contributed by atoms with Gasteiger partial charge in [0, 0.05) is 11.2 Å². The highest BCUT2D eigenvalue weighted by molar-refractivity contribution is 6.32. The highest BCUT2D eigenvalue weighted by Gasteiger charge is 2.03. The molecular weight excluding hydrogens is 341 g/mol. The van der Waals surface area contributed by atoms with Crippen LogP contribution in [0, 0.1) is 0 Å². The summed E-state index contributed by atoms with van der Waals surface area (Å²) in [6.45, 7) is 0.414. The minimum absolute atomic E-state index is 0.414. The first-order valence-electron chi connectivity index (χ1n) is 7.46. The molecule has 4 heteroatoms. The topological polar surface area (TPSA) is 21.6 Å². The van der Waals surface area contributed by atoms with Gasteiger partial charge in [0.05, 0.1) is 10.7 Å². The molecule has 3 rings (SSSR count). The third-order valence-corrected chi connectivity index (χ3v) is 3.89. The van der Waals surface area contributed by atoms with Gasteiger partial charge in [-0.25, -0.2) is 0 Å². The number of hydrogen-bond donors (Lipinski definition) is 0. The molecule has 24 heavy (non-hydrogen) atoms. The number of benzene rings is 3. The fourth-order valence-corrected chi connectivity index (χ4v) is 2.62. The average Bonchev–Trinajstić information content (AvgIpc) is 2.60. The van der Waals surface area contributed by atoms with E-state index in [2.05, 4.69) is 4.99 Å². The molecule has 0 saturated heterocycles. The van der Waals surface area contributed by atoms with Crippen molar-refractivity contribution in [2.45, 2.75) is 6.61 Å². The lowest BCUT2D eigenvalue weighted by Crippen LogP contribution is -1.96. The van der Waals surface area contributed by atoms with E-state index in [-0.39, 0.29) is 0 Å². The third-order valence-electron chi connectivity index (χ3n) is 3.36. The van der Waals surface area contributed by atoms with Gasteiger partial charge in [0.2, 0.25) is 0 Å². The molecule has 0 aromatic heterocycles. The van der Waals surface area contributed by atoms with Gasteiger partial charge in [0.15, 0.2) is 0 Å². The van der Waals surface area contributed by atoms with Crippen molar-refractivity contribution in [3.63, 3.8) is 0 Å². The molecule has 0 bridgehead atoms. The molecule has 0 aliphatic heterocycles. The third kappa shape index (κ3) is 4.60. The van der Waals surface area contributed by atoms with E-state index in [9.17, 15) is 0 Å². The van der Waals surface area contributed by atoms with Gasteiger partial charge in [-0.05, 0) is 53.6 Å². The first-order chi connectivity index (χ1) is 11.7. The van der Waals surface area contributed by atoms with Gasteiger partial charge in [-0.1, -0.05) is 53.5 Å². The summed E-state index contributed by atoms with van der Waals surface area (Å²) in [6, 6.07) is 22.9. The highest BCUT2D eigenvalue weighted by atomic mass is 35.5. The van der Waals surface area contributed by atoms with E-state index in [1.165, 1.54) is 0 Å². The van der Waals surface area contributed by atoms with E-state index in [4.69, 9.17) is 27.9 Å². The molecule has 0 spiro atoms. The zero-order valence-electron chi connectivity index (χ0n) is 12.8. The molecule has 0 radical (unpaired) electrons. The second-order valence-electron chi connectivity index (χ2n) is 5.20. The van der Waals surface area contributed by atoms with Gasteiger partial charge >= 0.3 is 0 Å². The van der Waals surface area contributed by atoms with Crippen LogP contribution in [-0.2, 0) is 6.61 Å². The second-order valence-corrected chi connectivity index (χ2v) is 6.05. The molecule has 3 aromatic carbocycles. The molecule has 2 nitrogen and oxygen atoms in total. The predicted molar refractivity (Wildman–Crippen MR) is 101 cm³/mol. The molecular formula is C20H15Cl2NO. The highest BCUT2D eigenvalue weighted by Crippen LogP contribution is 2.26. The van der Waals surface area contributed by atoms with Crippen LogP contribution >= 0.6 is 23.2 Å². The zero-order valence-corrected chi connectivity index (χ0v) is 14.3. The van der Waals surface area contributed by atoms with Crippen LogP contribution in [0.15, 0.2) is 77.8 Å². The molecule has 0 N–H and O–H groups in total. The predicted octanol–water partition coefficient (Wildman–Crippen LogP) is 6.32.